The molecule has 9 nitrogen and oxygen atoms in total. The molecule has 0 fully saturated rings. The summed E-state index contributed by atoms with van der Waals surface area (Å²) in [5.41, 5.74) is 8.69. The molecule has 3 aromatic heterocycles. The van der Waals surface area contributed by atoms with Crippen LogP contribution in [0.25, 0.3) is 33.3 Å². The van der Waals surface area contributed by atoms with E-state index in [1.165, 1.54) is 36.8 Å². The second kappa shape index (κ2) is 10.6. The number of halogens is 2. The van der Waals surface area contributed by atoms with E-state index in [9.17, 15) is 10.1 Å². The molecule has 0 unspecified atom stereocenters. The van der Waals surface area contributed by atoms with Gasteiger partial charge in [-0.05, 0) is 47.5 Å². The molecule has 0 aliphatic heterocycles. The number of nitrogen functional groups attached to an aromatic ring is 1. The summed E-state index contributed by atoms with van der Waals surface area (Å²) in [7, 11) is 1.67. The normalized spacial score (nSPS) is 10.8. The van der Waals surface area contributed by atoms with Crippen LogP contribution in [0, 0.1) is 23.0 Å². The zero-order valence-electron chi connectivity index (χ0n) is 21.2. The van der Waals surface area contributed by atoms with Gasteiger partial charge in [0.25, 0.3) is 0 Å². The number of fused-ring (bicyclic) bond motifs is 1. The average molecular weight is 538 g/mol. The minimum Gasteiger partial charge on any atom is -0.421 e. The van der Waals surface area contributed by atoms with Crippen LogP contribution < -0.4 is 15.8 Å². The minimum atomic E-state index is -0.718. The number of nitriles is 1. The molecular weight excluding hydrogens is 516 g/mol. The third-order valence-corrected chi connectivity index (χ3v) is 6.26. The van der Waals surface area contributed by atoms with Gasteiger partial charge in [-0.2, -0.15) is 5.26 Å². The average Bonchev–Trinajstić information content (AvgIpc) is 3.27. The van der Waals surface area contributed by atoms with E-state index in [0.29, 0.717) is 33.3 Å². The fourth-order valence-electron chi connectivity index (χ4n) is 4.48. The van der Waals surface area contributed by atoms with E-state index in [-0.39, 0.29) is 41.2 Å². The lowest BCUT2D eigenvalue weighted by molar-refractivity contribution is -0.116. The molecule has 0 aliphatic rings. The smallest absolute Gasteiger partial charge is 0.321 e. The SMILES string of the molecule is C=CC(=O)NCc1ccc(-c2c(-c3ccc(Oc4ncccn4)c(F)c3)c3c(N)ncc(C#N)c3n2C)c(F)c1. The highest BCUT2D eigenvalue weighted by atomic mass is 19.1. The van der Waals surface area contributed by atoms with Gasteiger partial charge in [0.05, 0.1) is 22.2 Å². The molecule has 40 heavy (non-hydrogen) atoms. The predicted octanol–water partition coefficient (Wildman–Crippen LogP) is 5.02. The Labute approximate surface area is 227 Å². The van der Waals surface area contributed by atoms with E-state index in [4.69, 9.17) is 10.5 Å². The maximum Gasteiger partial charge on any atom is 0.321 e. The number of amides is 1. The molecule has 198 valence electrons. The van der Waals surface area contributed by atoms with E-state index in [1.54, 1.807) is 35.9 Å². The minimum absolute atomic E-state index is 0.0291. The number of carbonyl (C=O) groups excluding carboxylic acids is 1. The zero-order valence-corrected chi connectivity index (χ0v) is 21.2. The first-order chi connectivity index (χ1) is 19.3. The van der Waals surface area contributed by atoms with Crippen molar-refractivity contribution in [2.45, 2.75) is 6.54 Å². The molecule has 0 spiro atoms. The third kappa shape index (κ3) is 4.69. The lowest BCUT2D eigenvalue weighted by Crippen LogP contribution is -2.20. The number of nitrogens with zero attached hydrogens (tertiary/aromatic N) is 5. The first kappa shape index (κ1) is 26.0. The number of anilines is 1. The monoisotopic (exact) mass is 537 g/mol. The van der Waals surface area contributed by atoms with Gasteiger partial charge in [-0.15, -0.1) is 0 Å². The molecule has 1 amide bonds. The Kier molecular flexibility index (Phi) is 6.90. The van der Waals surface area contributed by atoms with E-state index in [0.717, 1.165) is 6.08 Å². The molecule has 3 N–H and O–H groups in total. The van der Waals surface area contributed by atoms with Crippen LogP contribution in [0.1, 0.15) is 11.1 Å². The summed E-state index contributed by atoms with van der Waals surface area (Å²) in [6, 6.07) is 12.4. The second-order valence-corrected chi connectivity index (χ2v) is 8.69. The Bertz CT molecular complexity index is 1830. The van der Waals surface area contributed by atoms with Gasteiger partial charge in [-0.3, -0.25) is 4.79 Å². The molecule has 11 heteroatoms. The van der Waals surface area contributed by atoms with Crippen molar-refractivity contribution in [3.8, 4) is 40.2 Å². The Hall–Kier alpha value is -5.63. The molecular formula is C29H21F2N7O2. The van der Waals surface area contributed by atoms with Crippen molar-refractivity contribution in [2.24, 2.45) is 7.05 Å². The number of rotatable bonds is 7. The molecule has 0 saturated carbocycles. The van der Waals surface area contributed by atoms with E-state index in [1.807, 2.05) is 0 Å². The Morgan fingerprint density at radius 3 is 2.62 bits per heavy atom. The summed E-state index contributed by atoms with van der Waals surface area (Å²) >= 11 is 0. The maximum atomic E-state index is 15.6. The largest absolute Gasteiger partial charge is 0.421 e. The summed E-state index contributed by atoms with van der Waals surface area (Å²) in [6.07, 6.45) is 5.39. The van der Waals surface area contributed by atoms with Crippen molar-refractivity contribution < 1.29 is 18.3 Å². The number of aromatic nitrogens is 4. The highest BCUT2D eigenvalue weighted by Crippen LogP contribution is 2.44. The molecule has 5 aromatic rings. The van der Waals surface area contributed by atoms with Crippen LogP contribution in [-0.2, 0) is 18.4 Å². The van der Waals surface area contributed by atoms with Gasteiger partial charge >= 0.3 is 6.01 Å². The second-order valence-electron chi connectivity index (χ2n) is 8.69. The van der Waals surface area contributed by atoms with Crippen molar-refractivity contribution in [1.29, 1.82) is 5.26 Å². The van der Waals surface area contributed by atoms with Crippen LogP contribution in [0.15, 0.2) is 73.7 Å². The standard InChI is InChI=1S/C29H21F2N7O2/c1-3-23(39)36-14-16-5-7-19(20(30)11-16)27-24(25-26(38(27)2)18(13-32)15-37-28(25)33)17-6-8-22(21(31)12-17)40-29-34-9-4-10-35-29/h3-12,15H,1,14H2,2H3,(H2,33,37)(H,36,39). The van der Waals surface area contributed by atoms with Crippen LogP contribution in [0.3, 0.4) is 0 Å². The molecule has 0 saturated heterocycles. The fourth-order valence-corrected chi connectivity index (χ4v) is 4.48. The number of nitrogens with two attached hydrogens (primary N) is 1. The van der Waals surface area contributed by atoms with Gasteiger partial charge in [0.2, 0.25) is 5.91 Å². The highest BCUT2D eigenvalue weighted by Gasteiger charge is 2.26. The number of hydrogen-bond acceptors (Lipinski definition) is 7. The summed E-state index contributed by atoms with van der Waals surface area (Å²) in [6.45, 7) is 3.49. The predicted molar refractivity (Wildman–Crippen MR) is 145 cm³/mol. The Morgan fingerprint density at radius 2 is 1.95 bits per heavy atom. The van der Waals surface area contributed by atoms with Crippen molar-refractivity contribution in [3.05, 3.63) is 96.5 Å². The van der Waals surface area contributed by atoms with Crippen LogP contribution in [0.5, 0.6) is 11.8 Å². The molecule has 0 aliphatic carbocycles. The number of nitrogens with one attached hydrogen (secondary N) is 1. The van der Waals surface area contributed by atoms with Gasteiger partial charge in [0.1, 0.15) is 17.7 Å². The molecule has 0 radical (unpaired) electrons. The lowest BCUT2D eigenvalue weighted by Gasteiger charge is -2.13. The number of carbonyl (C=O) groups is 1. The number of benzene rings is 2. The Balaban J connectivity index is 1.69. The van der Waals surface area contributed by atoms with Crippen molar-refractivity contribution in [1.82, 2.24) is 24.8 Å². The molecule has 3 heterocycles. The van der Waals surface area contributed by atoms with Crippen LogP contribution in [0.4, 0.5) is 14.6 Å². The van der Waals surface area contributed by atoms with Crippen LogP contribution in [0.2, 0.25) is 0 Å². The molecule has 0 atom stereocenters. The van der Waals surface area contributed by atoms with Crippen molar-refractivity contribution in [2.75, 3.05) is 5.73 Å². The summed E-state index contributed by atoms with van der Waals surface area (Å²) in [5, 5.41) is 12.8. The van der Waals surface area contributed by atoms with E-state index in [2.05, 4.69) is 32.9 Å². The number of aryl methyl sites for hydroxylation is 1. The van der Waals surface area contributed by atoms with Gasteiger partial charge in [0, 0.05) is 43.3 Å². The van der Waals surface area contributed by atoms with Crippen LogP contribution >= 0.6 is 0 Å². The molecule has 2 aromatic carbocycles. The summed E-state index contributed by atoms with van der Waals surface area (Å²) in [5.74, 6) is -1.72. The Morgan fingerprint density at radius 1 is 1.18 bits per heavy atom. The van der Waals surface area contributed by atoms with Gasteiger partial charge < -0.3 is 20.4 Å². The van der Waals surface area contributed by atoms with Crippen molar-refractivity contribution >= 4 is 22.6 Å². The number of ether oxygens (including phenoxy) is 1. The number of hydrogen-bond donors (Lipinski definition) is 2. The first-order valence-electron chi connectivity index (χ1n) is 11.9. The quantitative estimate of drug-likeness (QED) is 0.279. The summed E-state index contributed by atoms with van der Waals surface area (Å²) < 4.78 is 38.1. The van der Waals surface area contributed by atoms with Gasteiger partial charge in [0.15, 0.2) is 11.6 Å². The summed E-state index contributed by atoms with van der Waals surface area (Å²) in [4.78, 5) is 23.6. The number of pyridine rings is 1. The lowest BCUT2D eigenvalue weighted by atomic mass is 9.97. The third-order valence-electron chi connectivity index (χ3n) is 6.26. The molecule has 5 rings (SSSR count). The first-order valence-corrected chi connectivity index (χ1v) is 11.9. The zero-order chi connectivity index (χ0) is 28.4. The van der Waals surface area contributed by atoms with E-state index < -0.39 is 11.6 Å². The maximum absolute atomic E-state index is 15.6. The topological polar surface area (TPSA) is 132 Å². The highest BCUT2D eigenvalue weighted by molar-refractivity contribution is 6.10. The van der Waals surface area contributed by atoms with Gasteiger partial charge in [-0.1, -0.05) is 18.7 Å². The molecule has 0 bridgehead atoms. The van der Waals surface area contributed by atoms with E-state index >= 15 is 8.78 Å². The van der Waals surface area contributed by atoms with Crippen LogP contribution in [-0.4, -0.2) is 25.4 Å². The fraction of sp³-hybridized carbons (Fsp3) is 0.0690. The van der Waals surface area contributed by atoms with Crippen molar-refractivity contribution in [3.63, 3.8) is 0 Å². The van der Waals surface area contributed by atoms with Gasteiger partial charge in [-0.25, -0.2) is 23.7 Å².